The molecule has 0 aliphatic rings. The molecule has 84 valence electrons. The molecule has 1 rings (SSSR count). The second-order valence-electron chi connectivity index (χ2n) is 2.73. The first-order valence-corrected chi connectivity index (χ1v) is 5.53. The van der Waals surface area contributed by atoms with Gasteiger partial charge in [-0.05, 0) is 12.1 Å². The number of esters is 1. The number of hydrogen-bond acceptors (Lipinski definition) is 5. The fourth-order valence-corrected chi connectivity index (χ4v) is 1.70. The first kappa shape index (κ1) is 15.8. The molecule has 0 aliphatic carbocycles. The third kappa shape index (κ3) is 4.26. The monoisotopic (exact) mass is 246 g/mol. The minimum atomic E-state index is -4.71. The molecule has 0 atom stereocenters. The van der Waals surface area contributed by atoms with E-state index < -0.39 is 21.0 Å². The van der Waals surface area contributed by atoms with E-state index in [1.807, 2.05) is 0 Å². The van der Waals surface area contributed by atoms with Crippen molar-refractivity contribution >= 4 is 16.1 Å². The Morgan fingerprint density at radius 2 is 2.00 bits per heavy atom. The fourth-order valence-electron chi connectivity index (χ4n) is 1.04. The Hall–Kier alpha value is -1.24. The van der Waals surface area contributed by atoms with Gasteiger partial charge in [-0.15, -0.1) is 6.42 Å². The topological polar surface area (TPSA) is 83.5 Å². The van der Waals surface area contributed by atoms with Crippen LogP contribution in [0.5, 0.6) is 0 Å². The van der Waals surface area contributed by atoms with Crippen molar-refractivity contribution in [2.75, 3.05) is 6.61 Å². The van der Waals surface area contributed by atoms with Gasteiger partial charge in [0, 0.05) is 0 Å². The minimum absolute atomic E-state index is 0. The van der Waals surface area contributed by atoms with Crippen LogP contribution in [0.2, 0.25) is 0 Å². The number of carbonyl (C=O) groups excluding carboxylic acids is 1. The van der Waals surface area contributed by atoms with Crippen LogP contribution in [0.15, 0.2) is 29.2 Å². The summed E-state index contributed by atoms with van der Waals surface area (Å²) in [6, 6.07) is 4.97. The molecule has 5 nitrogen and oxygen atoms in total. The number of rotatable bonds is 3. The van der Waals surface area contributed by atoms with Crippen molar-refractivity contribution in [1.29, 1.82) is 0 Å². The van der Waals surface area contributed by atoms with Gasteiger partial charge in [-0.25, -0.2) is 13.2 Å². The third-order valence-corrected chi connectivity index (χ3v) is 2.56. The summed E-state index contributed by atoms with van der Waals surface area (Å²) in [5, 5.41) is 0. The molecule has 0 fully saturated rings. The van der Waals surface area contributed by atoms with E-state index in [0.29, 0.717) is 0 Å². The van der Waals surface area contributed by atoms with Gasteiger partial charge in [0.15, 0.2) is 6.61 Å². The van der Waals surface area contributed by atoms with Crippen LogP contribution in [0.4, 0.5) is 0 Å². The molecule has 0 amide bonds. The number of terminal acetylenes is 1. The van der Waals surface area contributed by atoms with Gasteiger partial charge in [0.05, 0.1) is 10.5 Å². The summed E-state index contributed by atoms with van der Waals surface area (Å²) in [5.41, 5.74) is -0.312. The molecule has 1 aromatic carbocycles. The van der Waals surface area contributed by atoms with Crippen LogP contribution in [-0.2, 0) is 14.9 Å². The van der Waals surface area contributed by atoms with Gasteiger partial charge in [-0.3, -0.25) is 0 Å². The predicted octanol–water partition coefficient (Wildman–Crippen LogP) is -2.62. The van der Waals surface area contributed by atoms with Crippen molar-refractivity contribution in [3.63, 3.8) is 0 Å². The molecule has 17 heavy (non-hydrogen) atoms. The van der Waals surface area contributed by atoms with E-state index in [0.717, 1.165) is 6.07 Å². The largest absolute Gasteiger partial charge is 1.00 e. The Morgan fingerprint density at radius 3 is 2.53 bits per heavy atom. The normalized spacial score (nSPS) is 9.88. The smallest absolute Gasteiger partial charge is 0.744 e. The van der Waals surface area contributed by atoms with Gasteiger partial charge in [0.2, 0.25) is 0 Å². The van der Waals surface area contributed by atoms with Crippen LogP contribution in [0.1, 0.15) is 10.4 Å². The van der Waals surface area contributed by atoms with Crippen LogP contribution in [-0.4, -0.2) is 25.5 Å². The third-order valence-electron chi connectivity index (χ3n) is 1.66. The van der Waals surface area contributed by atoms with Crippen molar-refractivity contribution < 1.29 is 41.4 Å². The van der Waals surface area contributed by atoms with Crippen LogP contribution in [0, 0.1) is 12.3 Å². The van der Waals surface area contributed by atoms with Crippen LogP contribution in [0.25, 0.3) is 0 Å². The fraction of sp³-hybridized carbons (Fsp3) is 0.100. The molecule has 0 spiro atoms. The molecule has 0 saturated heterocycles. The second-order valence-corrected chi connectivity index (χ2v) is 4.08. The SMILES string of the molecule is C#CCOC(=O)c1ccccc1S(=O)(=O)[O-].[Li+]. The van der Waals surface area contributed by atoms with E-state index in [-0.39, 0.29) is 31.0 Å². The van der Waals surface area contributed by atoms with E-state index in [1.165, 1.54) is 18.2 Å². The van der Waals surface area contributed by atoms with E-state index in [1.54, 1.807) is 0 Å². The Bertz CT molecular complexity index is 544. The summed E-state index contributed by atoms with van der Waals surface area (Å²) in [4.78, 5) is 10.7. The summed E-state index contributed by atoms with van der Waals surface area (Å²) >= 11 is 0. The first-order chi connectivity index (χ1) is 7.46. The Balaban J connectivity index is 0.00000256. The molecule has 0 aliphatic heterocycles. The Labute approximate surface area is 111 Å². The number of ether oxygens (including phenoxy) is 1. The second kappa shape index (κ2) is 6.48. The van der Waals surface area contributed by atoms with Crippen molar-refractivity contribution in [2.24, 2.45) is 0 Å². The Morgan fingerprint density at radius 1 is 1.41 bits per heavy atom. The van der Waals surface area contributed by atoms with Gasteiger partial charge >= 0.3 is 24.8 Å². The predicted molar refractivity (Wildman–Crippen MR) is 53.5 cm³/mol. The minimum Gasteiger partial charge on any atom is -0.744 e. The molecule has 0 N–H and O–H groups in total. The maximum Gasteiger partial charge on any atom is 1.00 e. The Kier molecular flexibility index (Phi) is 6.01. The van der Waals surface area contributed by atoms with Crippen LogP contribution < -0.4 is 18.9 Å². The van der Waals surface area contributed by atoms with Crippen molar-refractivity contribution in [1.82, 2.24) is 0 Å². The average Bonchev–Trinajstić information content (AvgIpc) is 2.24. The molecule has 0 heterocycles. The molecule has 0 bridgehead atoms. The summed E-state index contributed by atoms with van der Waals surface area (Å²) < 4.78 is 37.0. The van der Waals surface area contributed by atoms with Gasteiger partial charge in [-0.2, -0.15) is 0 Å². The zero-order valence-corrected chi connectivity index (χ0v) is 9.86. The molecular weight excluding hydrogens is 239 g/mol. The quantitative estimate of drug-likeness (QED) is 0.252. The maximum atomic E-state index is 11.3. The zero-order valence-electron chi connectivity index (χ0n) is 9.04. The zero-order chi connectivity index (χ0) is 12.2. The molecule has 7 heteroatoms. The molecule has 0 radical (unpaired) electrons. The first-order valence-electron chi connectivity index (χ1n) is 4.12. The molecule has 0 saturated carbocycles. The summed E-state index contributed by atoms with van der Waals surface area (Å²) in [5.74, 6) is 1.12. The van der Waals surface area contributed by atoms with Crippen LogP contribution >= 0.6 is 0 Å². The van der Waals surface area contributed by atoms with Gasteiger partial charge in [0.1, 0.15) is 10.1 Å². The van der Waals surface area contributed by atoms with Gasteiger partial charge in [-0.1, -0.05) is 18.1 Å². The molecule has 0 unspecified atom stereocenters. The van der Waals surface area contributed by atoms with Crippen molar-refractivity contribution in [3.8, 4) is 12.3 Å². The number of benzene rings is 1. The van der Waals surface area contributed by atoms with E-state index in [9.17, 15) is 17.8 Å². The number of carbonyl (C=O) groups is 1. The van der Waals surface area contributed by atoms with Crippen LogP contribution in [0.3, 0.4) is 0 Å². The molecule has 1 aromatic rings. The summed E-state index contributed by atoms with van der Waals surface area (Å²) in [6.07, 6.45) is 4.87. The van der Waals surface area contributed by atoms with E-state index in [4.69, 9.17) is 6.42 Å². The standard InChI is InChI=1S/C10H8O5S.Li/c1-2-7-15-10(11)8-5-3-4-6-9(8)16(12,13)14;/h1,3-6H,7H2,(H,12,13,14);/q;+1/p-1. The molecular formula is C10H7LiO5S. The van der Waals surface area contributed by atoms with Gasteiger partial charge < -0.3 is 9.29 Å². The number of hydrogen-bond donors (Lipinski definition) is 0. The van der Waals surface area contributed by atoms with E-state index in [2.05, 4.69) is 10.7 Å². The van der Waals surface area contributed by atoms with Crippen molar-refractivity contribution in [2.45, 2.75) is 4.90 Å². The average molecular weight is 246 g/mol. The summed E-state index contributed by atoms with van der Waals surface area (Å²) in [6.45, 7) is -0.286. The van der Waals surface area contributed by atoms with Gasteiger partial charge in [0.25, 0.3) is 0 Å². The van der Waals surface area contributed by atoms with Crippen molar-refractivity contribution in [3.05, 3.63) is 29.8 Å². The van der Waals surface area contributed by atoms with E-state index >= 15 is 0 Å². The summed E-state index contributed by atoms with van der Waals surface area (Å²) in [7, 11) is -4.71. The maximum absolute atomic E-state index is 11.3. The molecule has 0 aromatic heterocycles.